The van der Waals surface area contributed by atoms with Crippen molar-refractivity contribution in [2.75, 3.05) is 6.54 Å². The first-order chi connectivity index (χ1) is 9.45. The number of aliphatic hydroxyl groups is 1. The SMILES string of the molecule is O=C(OCc1ccccc1)N1CCC(O)(C(=O)O)C1=O. The largest absolute Gasteiger partial charge is 0.479 e. The molecule has 0 aromatic heterocycles. The normalized spacial score (nSPS) is 21.9. The number of rotatable bonds is 3. The Balaban J connectivity index is 1.98. The van der Waals surface area contributed by atoms with Gasteiger partial charge in [0.15, 0.2) is 0 Å². The molecule has 7 heteroatoms. The van der Waals surface area contributed by atoms with Crippen LogP contribution in [-0.4, -0.2) is 45.2 Å². The van der Waals surface area contributed by atoms with Crippen LogP contribution in [0.25, 0.3) is 0 Å². The van der Waals surface area contributed by atoms with Crippen LogP contribution in [-0.2, 0) is 20.9 Å². The molecule has 0 radical (unpaired) electrons. The molecule has 7 nitrogen and oxygen atoms in total. The number of amides is 2. The minimum absolute atomic E-state index is 0.0328. The summed E-state index contributed by atoms with van der Waals surface area (Å²) in [6.45, 7) is -0.218. The topological polar surface area (TPSA) is 104 Å². The van der Waals surface area contributed by atoms with E-state index < -0.39 is 23.6 Å². The van der Waals surface area contributed by atoms with Gasteiger partial charge in [-0.05, 0) is 5.56 Å². The van der Waals surface area contributed by atoms with Crippen molar-refractivity contribution in [3.8, 4) is 0 Å². The quantitative estimate of drug-likeness (QED) is 0.775. The summed E-state index contributed by atoms with van der Waals surface area (Å²) < 4.78 is 4.92. The summed E-state index contributed by atoms with van der Waals surface area (Å²) in [6.07, 6.45) is -1.31. The summed E-state index contributed by atoms with van der Waals surface area (Å²) >= 11 is 0. The summed E-state index contributed by atoms with van der Waals surface area (Å²) in [5.41, 5.74) is -1.80. The van der Waals surface area contributed by atoms with Crippen molar-refractivity contribution < 1.29 is 29.3 Å². The van der Waals surface area contributed by atoms with E-state index in [0.717, 1.165) is 5.56 Å². The van der Waals surface area contributed by atoms with E-state index in [1.807, 2.05) is 6.07 Å². The van der Waals surface area contributed by atoms with Gasteiger partial charge >= 0.3 is 12.1 Å². The van der Waals surface area contributed by atoms with Crippen LogP contribution >= 0.6 is 0 Å². The van der Waals surface area contributed by atoms with Gasteiger partial charge in [-0.3, -0.25) is 4.79 Å². The molecule has 1 unspecified atom stereocenters. The van der Waals surface area contributed by atoms with Gasteiger partial charge in [0.1, 0.15) is 6.61 Å². The summed E-state index contributed by atoms with van der Waals surface area (Å²) in [6, 6.07) is 8.84. The number of imide groups is 1. The van der Waals surface area contributed by atoms with E-state index in [1.54, 1.807) is 24.3 Å². The maximum Gasteiger partial charge on any atom is 0.416 e. The number of carboxylic acid groups (broad SMARTS) is 1. The highest BCUT2D eigenvalue weighted by molar-refractivity contribution is 6.11. The van der Waals surface area contributed by atoms with E-state index in [-0.39, 0.29) is 19.6 Å². The average Bonchev–Trinajstić information content (AvgIpc) is 2.75. The fourth-order valence-corrected chi connectivity index (χ4v) is 1.88. The number of carbonyl (C=O) groups is 3. The second kappa shape index (κ2) is 5.30. The molecule has 1 aromatic carbocycles. The fraction of sp³-hybridized carbons (Fsp3) is 0.308. The predicted octanol–water partition coefficient (Wildman–Crippen LogP) is 0.371. The molecule has 0 saturated carbocycles. The highest BCUT2D eigenvalue weighted by Crippen LogP contribution is 2.24. The molecule has 2 rings (SSSR count). The molecule has 0 aliphatic carbocycles. The van der Waals surface area contributed by atoms with Crippen molar-refractivity contribution in [3.63, 3.8) is 0 Å². The summed E-state index contributed by atoms with van der Waals surface area (Å²) in [4.78, 5) is 34.9. The first-order valence-corrected chi connectivity index (χ1v) is 5.93. The van der Waals surface area contributed by atoms with Crippen LogP contribution in [0.3, 0.4) is 0 Å². The van der Waals surface area contributed by atoms with Crippen molar-refractivity contribution in [3.05, 3.63) is 35.9 Å². The fourth-order valence-electron chi connectivity index (χ4n) is 1.88. The maximum atomic E-state index is 11.7. The molecule has 1 atom stereocenters. The molecule has 1 heterocycles. The van der Waals surface area contributed by atoms with Crippen LogP contribution in [0.1, 0.15) is 12.0 Å². The smallest absolute Gasteiger partial charge is 0.416 e. The van der Waals surface area contributed by atoms with Crippen LogP contribution < -0.4 is 0 Å². The van der Waals surface area contributed by atoms with E-state index in [1.165, 1.54) is 0 Å². The lowest BCUT2D eigenvalue weighted by atomic mass is 10.0. The molecule has 0 bridgehead atoms. The van der Waals surface area contributed by atoms with Crippen LogP contribution in [0.5, 0.6) is 0 Å². The molecule has 1 aliphatic heterocycles. The lowest BCUT2D eigenvalue weighted by molar-refractivity contribution is -0.165. The van der Waals surface area contributed by atoms with Crippen molar-refractivity contribution in [2.45, 2.75) is 18.6 Å². The minimum atomic E-state index is -2.54. The average molecular weight is 279 g/mol. The van der Waals surface area contributed by atoms with Gasteiger partial charge in [-0.2, -0.15) is 0 Å². The number of benzene rings is 1. The Kier molecular flexibility index (Phi) is 3.71. The molecule has 1 fully saturated rings. The zero-order valence-electron chi connectivity index (χ0n) is 10.5. The molecule has 1 aromatic rings. The van der Waals surface area contributed by atoms with Gasteiger partial charge in [0.25, 0.3) is 5.91 Å². The van der Waals surface area contributed by atoms with Crippen LogP contribution in [0.15, 0.2) is 30.3 Å². The number of aliphatic carboxylic acids is 1. The van der Waals surface area contributed by atoms with Gasteiger partial charge in [-0.1, -0.05) is 30.3 Å². The van der Waals surface area contributed by atoms with Crippen LogP contribution in [0, 0.1) is 0 Å². The van der Waals surface area contributed by atoms with Gasteiger partial charge in [0.05, 0.1) is 0 Å². The van der Waals surface area contributed by atoms with Gasteiger partial charge in [-0.25, -0.2) is 14.5 Å². The number of carbonyl (C=O) groups excluding carboxylic acids is 2. The second-order valence-electron chi connectivity index (χ2n) is 4.41. The highest BCUT2D eigenvalue weighted by atomic mass is 16.6. The number of hydrogen-bond acceptors (Lipinski definition) is 5. The van der Waals surface area contributed by atoms with E-state index in [9.17, 15) is 19.5 Å². The van der Waals surface area contributed by atoms with Crippen LogP contribution in [0.2, 0.25) is 0 Å². The molecule has 2 amide bonds. The third kappa shape index (κ3) is 2.48. The Bertz CT molecular complexity index is 543. The molecule has 1 aliphatic rings. The molecule has 1 saturated heterocycles. The van der Waals surface area contributed by atoms with Crippen molar-refractivity contribution in [2.24, 2.45) is 0 Å². The van der Waals surface area contributed by atoms with E-state index in [4.69, 9.17) is 9.84 Å². The molecular formula is C13H13NO6. The second-order valence-corrected chi connectivity index (χ2v) is 4.41. The van der Waals surface area contributed by atoms with Gasteiger partial charge < -0.3 is 14.9 Å². The molecular weight excluding hydrogens is 266 g/mol. The molecule has 106 valence electrons. The maximum absolute atomic E-state index is 11.7. The third-order valence-electron chi connectivity index (χ3n) is 3.08. The zero-order valence-corrected chi connectivity index (χ0v) is 10.5. The molecule has 20 heavy (non-hydrogen) atoms. The highest BCUT2D eigenvalue weighted by Gasteiger charge is 2.54. The van der Waals surface area contributed by atoms with Gasteiger partial charge in [0.2, 0.25) is 5.60 Å². The Morgan fingerprint density at radius 2 is 1.95 bits per heavy atom. The number of carboxylic acids is 1. The van der Waals surface area contributed by atoms with Gasteiger partial charge in [0, 0.05) is 13.0 Å². The lowest BCUT2D eigenvalue weighted by Crippen LogP contribution is -2.48. The standard InChI is InChI=1S/C13H13NO6/c15-10-13(19,11(16)17)6-7-14(10)12(18)20-8-9-4-2-1-3-5-9/h1-5,19H,6-8H2,(H,16,17). The summed E-state index contributed by atoms with van der Waals surface area (Å²) in [5, 5.41) is 18.4. The Labute approximate surface area is 114 Å². The number of likely N-dealkylation sites (tertiary alicyclic amines) is 1. The molecule has 2 N–H and O–H groups in total. The Hall–Kier alpha value is -2.41. The van der Waals surface area contributed by atoms with Crippen molar-refractivity contribution >= 4 is 18.0 Å². The first kappa shape index (κ1) is 14.0. The predicted molar refractivity (Wildman–Crippen MR) is 65.5 cm³/mol. The Morgan fingerprint density at radius 3 is 2.50 bits per heavy atom. The monoisotopic (exact) mass is 279 g/mol. The van der Waals surface area contributed by atoms with Crippen LogP contribution in [0.4, 0.5) is 4.79 Å². The zero-order chi connectivity index (χ0) is 14.8. The minimum Gasteiger partial charge on any atom is -0.479 e. The third-order valence-corrected chi connectivity index (χ3v) is 3.08. The number of hydrogen-bond donors (Lipinski definition) is 2. The number of nitrogens with zero attached hydrogens (tertiary/aromatic N) is 1. The number of ether oxygens (including phenoxy) is 1. The van der Waals surface area contributed by atoms with Crippen molar-refractivity contribution in [1.29, 1.82) is 0 Å². The van der Waals surface area contributed by atoms with Gasteiger partial charge in [-0.15, -0.1) is 0 Å². The first-order valence-electron chi connectivity index (χ1n) is 5.93. The Morgan fingerprint density at radius 1 is 1.30 bits per heavy atom. The van der Waals surface area contributed by atoms with E-state index in [2.05, 4.69) is 0 Å². The van der Waals surface area contributed by atoms with E-state index >= 15 is 0 Å². The summed E-state index contributed by atoms with van der Waals surface area (Å²) in [5.74, 6) is -2.83. The molecule has 0 spiro atoms. The lowest BCUT2D eigenvalue weighted by Gasteiger charge is -2.17. The van der Waals surface area contributed by atoms with E-state index in [0.29, 0.717) is 4.90 Å². The summed E-state index contributed by atoms with van der Waals surface area (Å²) in [7, 11) is 0. The van der Waals surface area contributed by atoms with Crippen molar-refractivity contribution in [1.82, 2.24) is 4.90 Å².